The van der Waals surface area contributed by atoms with E-state index >= 15 is 4.39 Å². The highest BCUT2D eigenvalue weighted by molar-refractivity contribution is 7.22. The van der Waals surface area contributed by atoms with Gasteiger partial charge in [-0.05, 0) is 19.1 Å². The first-order valence-corrected chi connectivity index (χ1v) is 8.86. The lowest BCUT2D eigenvalue weighted by Gasteiger charge is -2.11. The molecular formula is C18H15F2N5S. The number of nitrogens with two attached hydrogens (primary N) is 1. The fourth-order valence-electron chi connectivity index (χ4n) is 2.85. The van der Waals surface area contributed by atoms with Crippen molar-refractivity contribution in [3.05, 3.63) is 41.5 Å². The third-order valence-electron chi connectivity index (χ3n) is 4.18. The molecule has 26 heavy (non-hydrogen) atoms. The molecule has 0 saturated carbocycles. The van der Waals surface area contributed by atoms with Gasteiger partial charge >= 0.3 is 0 Å². The Hall–Kier alpha value is -2.74. The Morgan fingerprint density at radius 3 is 2.58 bits per heavy atom. The van der Waals surface area contributed by atoms with E-state index in [2.05, 4.69) is 19.9 Å². The van der Waals surface area contributed by atoms with Gasteiger partial charge in [-0.25, -0.2) is 23.7 Å². The van der Waals surface area contributed by atoms with Crippen molar-refractivity contribution in [2.24, 2.45) is 0 Å². The highest BCUT2D eigenvalue weighted by Crippen LogP contribution is 2.36. The zero-order chi connectivity index (χ0) is 18.6. The van der Waals surface area contributed by atoms with Gasteiger partial charge in [-0.2, -0.15) is 0 Å². The zero-order valence-corrected chi connectivity index (χ0v) is 15.2. The van der Waals surface area contributed by atoms with Crippen molar-refractivity contribution in [3.8, 4) is 11.3 Å². The van der Waals surface area contributed by atoms with Crippen LogP contribution < -0.4 is 5.73 Å². The number of nitrogen functional groups attached to an aromatic ring is 1. The van der Waals surface area contributed by atoms with Gasteiger partial charge in [0.05, 0.1) is 15.9 Å². The van der Waals surface area contributed by atoms with Crippen molar-refractivity contribution < 1.29 is 8.78 Å². The van der Waals surface area contributed by atoms with Crippen LogP contribution in [-0.2, 0) is 0 Å². The Balaban J connectivity index is 2.04. The van der Waals surface area contributed by atoms with Crippen LogP contribution in [0.1, 0.15) is 31.3 Å². The summed E-state index contributed by atoms with van der Waals surface area (Å²) in [6.07, 6.45) is 1.54. The summed E-state index contributed by atoms with van der Waals surface area (Å²) in [5.41, 5.74) is 7.33. The summed E-state index contributed by atoms with van der Waals surface area (Å²) in [4.78, 5) is 17.2. The molecule has 2 N–H and O–H groups in total. The van der Waals surface area contributed by atoms with E-state index in [0.29, 0.717) is 28.0 Å². The lowest BCUT2D eigenvalue weighted by molar-refractivity contribution is 0.631. The molecule has 0 fully saturated rings. The maximum atomic E-state index is 15.3. The van der Waals surface area contributed by atoms with E-state index in [1.54, 1.807) is 6.92 Å². The van der Waals surface area contributed by atoms with E-state index in [1.165, 1.54) is 18.3 Å². The molecule has 0 aliphatic heterocycles. The molecule has 0 radical (unpaired) electrons. The molecule has 4 aromatic rings. The van der Waals surface area contributed by atoms with Crippen LogP contribution in [0.15, 0.2) is 18.3 Å². The van der Waals surface area contributed by atoms with E-state index in [9.17, 15) is 4.39 Å². The van der Waals surface area contributed by atoms with Gasteiger partial charge in [0.1, 0.15) is 22.9 Å². The molecule has 1 aromatic carbocycles. The van der Waals surface area contributed by atoms with Crippen LogP contribution in [0, 0.1) is 18.6 Å². The number of pyridine rings is 1. The number of fused-ring (bicyclic) bond motifs is 2. The first kappa shape index (κ1) is 16.7. The minimum atomic E-state index is -0.575. The number of anilines is 1. The number of hydrogen-bond acceptors (Lipinski definition) is 6. The maximum Gasteiger partial charge on any atom is 0.181 e. The van der Waals surface area contributed by atoms with Crippen LogP contribution in [0.4, 0.5) is 13.9 Å². The van der Waals surface area contributed by atoms with Crippen molar-refractivity contribution >= 4 is 37.6 Å². The monoisotopic (exact) mass is 371 g/mol. The van der Waals surface area contributed by atoms with Crippen LogP contribution in [0.25, 0.3) is 32.4 Å². The molecule has 0 saturated heterocycles. The van der Waals surface area contributed by atoms with Crippen LogP contribution >= 0.6 is 11.3 Å². The van der Waals surface area contributed by atoms with Gasteiger partial charge in [-0.3, -0.25) is 4.98 Å². The Morgan fingerprint density at radius 2 is 1.85 bits per heavy atom. The average molecular weight is 371 g/mol. The molecule has 0 atom stereocenters. The van der Waals surface area contributed by atoms with Gasteiger partial charge in [0.15, 0.2) is 10.9 Å². The first-order chi connectivity index (χ1) is 12.4. The van der Waals surface area contributed by atoms with Crippen LogP contribution in [0.3, 0.4) is 0 Å². The molecule has 8 heteroatoms. The number of hydrogen-bond donors (Lipinski definition) is 1. The predicted octanol–water partition coefficient (Wildman–Crippen LogP) is 4.59. The van der Waals surface area contributed by atoms with E-state index in [1.807, 2.05) is 13.8 Å². The normalized spacial score (nSPS) is 11.8. The second-order valence-corrected chi connectivity index (χ2v) is 7.36. The van der Waals surface area contributed by atoms with Crippen molar-refractivity contribution in [3.63, 3.8) is 0 Å². The van der Waals surface area contributed by atoms with Gasteiger partial charge in [0.2, 0.25) is 0 Å². The Labute approximate surface area is 152 Å². The third-order valence-corrected chi connectivity index (χ3v) is 5.07. The first-order valence-electron chi connectivity index (χ1n) is 8.04. The molecule has 4 rings (SSSR count). The number of benzene rings is 1. The summed E-state index contributed by atoms with van der Waals surface area (Å²) >= 11 is 1.02. The van der Waals surface area contributed by atoms with Crippen molar-refractivity contribution in [2.75, 3.05) is 5.73 Å². The lowest BCUT2D eigenvalue weighted by atomic mass is 10.1. The molecule has 132 valence electrons. The van der Waals surface area contributed by atoms with E-state index < -0.39 is 11.6 Å². The van der Waals surface area contributed by atoms with Gasteiger partial charge in [0, 0.05) is 23.1 Å². The van der Waals surface area contributed by atoms with Crippen LogP contribution in [0.2, 0.25) is 0 Å². The molecule has 0 amide bonds. The van der Waals surface area contributed by atoms with Crippen LogP contribution in [0.5, 0.6) is 0 Å². The summed E-state index contributed by atoms with van der Waals surface area (Å²) in [6.45, 7) is 5.69. The number of thiazole rings is 1. The lowest BCUT2D eigenvalue weighted by Crippen LogP contribution is -2.03. The van der Waals surface area contributed by atoms with Gasteiger partial charge in [-0.1, -0.05) is 25.2 Å². The average Bonchev–Trinajstić information content (AvgIpc) is 2.99. The second kappa shape index (κ2) is 5.91. The number of aromatic nitrogens is 4. The molecule has 0 aliphatic carbocycles. The minimum absolute atomic E-state index is 0.0602. The summed E-state index contributed by atoms with van der Waals surface area (Å²) in [5.74, 6) is -0.396. The van der Waals surface area contributed by atoms with Crippen molar-refractivity contribution in [1.29, 1.82) is 0 Å². The fraction of sp³-hybridized carbons (Fsp3) is 0.222. The summed E-state index contributed by atoms with van der Waals surface area (Å²) in [6, 6.07) is 2.73. The van der Waals surface area contributed by atoms with E-state index in [0.717, 1.165) is 11.3 Å². The maximum absolute atomic E-state index is 15.3. The summed E-state index contributed by atoms with van der Waals surface area (Å²) in [7, 11) is 0. The summed E-state index contributed by atoms with van der Waals surface area (Å²) in [5, 5.41) is 0.764. The zero-order valence-electron chi connectivity index (χ0n) is 14.3. The SMILES string of the molecule is Cc1nc(C(C)C)nc2c(F)c(-c3ccc(F)c4sc(N)nc34)ncc12. The molecule has 0 aliphatic rings. The third kappa shape index (κ3) is 2.48. The molecule has 3 heterocycles. The topological polar surface area (TPSA) is 77.6 Å². The quantitative estimate of drug-likeness (QED) is 0.557. The number of rotatable bonds is 2. The molecule has 3 aromatic heterocycles. The minimum Gasteiger partial charge on any atom is -0.375 e. The highest BCUT2D eigenvalue weighted by atomic mass is 32.1. The van der Waals surface area contributed by atoms with E-state index in [4.69, 9.17) is 5.73 Å². The van der Waals surface area contributed by atoms with Crippen molar-refractivity contribution in [1.82, 2.24) is 19.9 Å². The Bertz CT molecular complexity index is 1170. The smallest absolute Gasteiger partial charge is 0.181 e. The fourth-order valence-corrected chi connectivity index (χ4v) is 3.62. The standard InChI is InChI=1S/C18H15F2N5S/c1-7(2)17-23-8(3)10-6-22-13(12(20)14(10)24-17)9-4-5-11(19)16-15(9)25-18(21)26-16/h4-7H,1-3H3,(H2,21,25). The van der Waals surface area contributed by atoms with Gasteiger partial charge < -0.3 is 5.73 Å². The Kier molecular flexibility index (Phi) is 3.80. The van der Waals surface area contributed by atoms with Crippen molar-refractivity contribution in [2.45, 2.75) is 26.7 Å². The molecule has 0 spiro atoms. The predicted molar refractivity (Wildman–Crippen MR) is 99.1 cm³/mol. The Morgan fingerprint density at radius 1 is 1.08 bits per heavy atom. The largest absolute Gasteiger partial charge is 0.375 e. The molecule has 0 bridgehead atoms. The second-order valence-electron chi connectivity index (χ2n) is 6.33. The van der Waals surface area contributed by atoms with Gasteiger partial charge in [0.25, 0.3) is 0 Å². The molecule has 5 nitrogen and oxygen atoms in total. The van der Waals surface area contributed by atoms with E-state index in [-0.39, 0.29) is 27.0 Å². The number of aryl methyl sites for hydroxylation is 1. The number of nitrogens with zero attached hydrogens (tertiary/aromatic N) is 4. The number of halogens is 2. The molecule has 0 unspecified atom stereocenters. The molecular weight excluding hydrogens is 356 g/mol. The van der Waals surface area contributed by atoms with Gasteiger partial charge in [-0.15, -0.1) is 0 Å². The van der Waals surface area contributed by atoms with Crippen LogP contribution in [-0.4, -0.2) is 19.9 Å². The highest BCUT2D eigenvalue weighted by Gasteiger charge is 2.20. The summed E-state index contributed by atoms with van der Waals surface area (Å²) < 4.78 is 29.6.